The number of nitro benzene ring substituents is 1. The van der Waals surface area contributed by atoms with Gasteiger partial charge in [0.15, 0.2) is 12.6 Å². The number of aliphatic hydroxyl groups excluding tert-OH is 2. The summed E-state index contributed by atoms with van der Waals surface area (Å²) in [6, 6.07) is 9.88. The molecular weight excluding hydrogens is 709 g/mol. The minimum Gasteiger partial charge on any atom is -0.481 e. The van der Waals surface area contributed by atoms with Gasteiger partial charge >= 0.3 is 13.7 Å². The molecule has 0 aliphatic carbocycles. The zero-order valence-electron chi connectivity index (χ0n) is 30.0. The predicted octanol–water partition coefficient (Wildman–Crippen LogP) is 5.07. The summed E-state index contributed by atoms with van der Waals surface area (Å²) in [5.41, 5.74) is 0.384. The Labute approximate surface area is 300 Å². The monoisotopic (exact) mass is 761 g/mol. The van der Waals surface area contributed by atoms with Crippen LogP contribution < -0.4 is 10.1 Å². The molecule has 0 radical (unpaired) electrons. The van der Waals surface area contributed by atoms with Crippen molar-refractivity contribution >= 4 is 29.4 Å². The van der Waals surface area contributed by atoms with E-state index in [1.807, 2.05) is 13.8 Å². The van der Waals surface area contributed by atoms with Crippen LogP contribution in [0.4, 0.5) is 10.5 Å². The van der Waals surface area contributed by atoms with Crippen molar-refractivity contribution in [2.24, 2.45) is 5.92 Å². The molecule has 0 saturated carbocycles. The van der Waals surface area contributed by atoms with E-state index in [0.29, 0.717) is 25.0 Å². The molecule has 51 heavy (non-hydrogen) atoms. The lowest BCUT2D eigenvalue weighted by molar-refractivity contribution is -0.384. The highest BCUT2D eigenvalue weighted by Crippen LogP contribution is 2.47. The number of ether oxygens (including phenoxy) is 3. The fourth-order valence-electron chi connectivity index (χ4n) is 5.20. The SMILES string of the molecule is CC.CCCN(C[C@@H](O)[C@H](Cc1ccc([N+](=O)[O-])cc1)NC(=O)O[C@@H](C)[C@@H]1CCO[C@@H]1O)S(=O)(=O)c1ccc(OCP(=O)(OCC)OCC)cc1. The molecule has 2 aromatic carbocycles. The Morgan fingerprint density at radius 3 is 2.22 bits per heavy atom. The Kier molecular flexibility index (Phi) is 18.5. The van der Waals surface area contributed by atoms with Gasteiger partial charge in [-0.15, -0.1) is 0 Å². The first-order chi connectivity index (χ1) is 24.2. The molecule has 0 unspecified atom stereocenters. The highest BCUT2D eigenvalue weighted by atomic mass is 32.2. The molecule has 1 heterocycles. The Morgan fingerprint density at radius 1 is 1.10 bits per heavy atom. The summed E-state index contributed by atoms with van der Waals surface area (Å²) in [6.45, 7) is 11.0. The summed E-state index contributed by atoms with van der Waals surface area (Å²) in [7, 11) is -7.67. The molecule has 2 aromatic rings. The van der Waals surface area contributed by atoms with E-state index in [4.69, 9.17) is 23.3 Å². The number of aliphatic hydroxyl groups is 2. The summed E-state index contributed by atoms with van der Waals surface area (Å²) in [5.74, 6) is -0.220. The third-order valence-corrected chi connectivity index (χ3v) is 11.4. The number of carbonyl (C=O) groups is 1. The minimum atomic E-state index is -4.17. The van der Waals surface area contributed by atoms with Gasteiger partial charge in [-0.25, -0.2) is 13.2 Å². The summed E-state index contributed by atoms with van der Waals surface area (Å²) < 4.78 is 67.9. The Hall–Kier alpha value is -3.15. The van der Waals surface area contributed by atoms with E-state index >= 15 is 0 Å². The van der Waals surface area contributed by atoms with Crippen molar-refractivity contribution in [3.63, 3.8) is 0 Å². The molecule has 288 valence electrons. The molecule has 1 fully saturated rings. The number of amides is 1. The van der Waals surface area contributed by atoms with Crippen molar-refractivity contribution < 1.29 is 56.2 Å². The fraction of sp³-hybridized carbons (Fsp3) is 0.606. The van der Waals surface area contributed by atoms with Gasteiger partial charge in [-0.05, 0) is 69.9 Å². The van der Waals surface area contributed by atoms with Crippen LogP contribution in [0.15, 0.2) is 53.4 Å². The number of nitrogens with one attached hydrogen (secondary N) is 1. The van der Waals surface area contributed by atoms with E-state index in [1.165, 1.54) is 48.5 Å². The third kappa shape index (κ3) is 13.4. The molecule has 0 spiro atoms. The highest BCUT2D eigenvalue weighted by Gasteiger charge is 2.35. The number of hydrogen-bond acceptors (Lipinski definition) is 13. The van der Waals surface area contributed by atoms with Gasteiger partial charge in [-0.1, -0.05) is 32.9 Å². The van der Waals surface area contributed by atoms with E-state index in [1.54, 1.807) is 27.7 Å². The van der Waals surface area contributed by atoms with Crippen LogP contribution in [-0.2, 0) is 39.5 Å². The van der Waals surface area contributed by atoms with E-state index in [-0.39, 0.29) is 48.9 Å². The average Bonchev–Trinajstić information content (AvgIpc) is 3.54. The third-order valence-electron chi connectivity index (χ3n) is 7.74. The van der Waals surface area contributed by atoms with Crippen molar-refractivity contribution in [1.29, 1.82) is 0 Å². The van der Waals surface area contributed by atoms with Crippen LogP contribution >= 0.6 is 7.60 Å². The first-order valence-corrected chi connectivity index (χ1v) is 20.2. The maximum atomic E-state index is 13.8. The van der Waals surface area contributed by atoms with Gasteiger partial charge in [0.05, 0.1) is 41.8 Å². The molecule has 1 aliphatic rings. The molecule has 3 rings (SSSR count). The minimum absolute atomic E-state index is 0.0167. The number of sulfonamides is 1. The standard InChI is InChI=1S/C31H46N3O13PS.C2H6/c1-5-17-33(49(41,42)26-14-12-25(13-15-26)44-21-48(40,45-6-2)46-7-3)20-29(35)28(19-23-8-10-24(11-9-23)34(38)39)32-31(37)47-22(4)27-16-18-43-30(27)36;1-2/h8-15,22,27-30,35-36H,5-7,16-21H2,1-4H3,(H,32,37);1-2H3/t22-,27-,28-,29+,30-;/m0./s1. The number of alkyl carbamates (subject to hydrolysis) is 1. The number of benzene rings is 2. The van der Waals surface area contributed by atoms with Gasteiger partial charge in [0.25, 0.3) is 5.69 Å². The first kappa shape index (κ1) is 44.0. The van der Waals surface area contributed by atoms with Crippen LogP contribution in [0.3, 0.4) is 0 Å². The predicted molar refractivity (Wildman–Crippen MR) is 189 cm³/mol. The van der Waals surface area contributed by atoms with Crippen molar-refractivity contribution in [3.05, 3.63) is 64.2 Å². The molecule has 0 bridgehead atoms. The van der Waals surface area contributed by atoms with Gasteiger partial charge in [0.1, 0.15) is 11.9 Å². The molecule has 3 N–H and O–H groups in total. The van der Waals surface area contributed by atoms with Crippen molar-refractivity contribution in [2.45, 2.75) is 90.2 Å². The molecule has 1 saturated heterocycles. The fourth-order valence-corrected chi connectivity index (χ4v) is 8.07. The lowest BCUT2D eigenvalue weighted by Gasteiger charge is -2.30. The summed E-state index contributed by atoms with van der Waals surface area (Å²) in [6.07, 6.45) is -3.68. The number of non-ortho nitro benzene ring substituents is 1. The molecule has 1 amide bonds. The largest absolute Gasteiger partial charge is 0.481 e. The van der Waals surface area contributed by atoms with Crippen LogP contribution in [0, 0.1) is 16.0 Å². The number of hydrogen-bond donors (Lipinski definition) is 3. The van der Waals surface area contributed by atoms with Gasteiger partial charge < -0.3 is 38.8 Å². The second-order valence-electron chi connectivity index (χ2n) is 11.3. The maximum absolute atomic E-state index is 13.8. The number of nitro groups is 1. The van der Waals surface area contributed by atoms with Crippen LogP contribution in [0.25, 0.3) is 0 Å². The first-order valence-electron chi connectivity index (χ1n) is 17.0. The zero-order chi connectivity index (χ0) is 38.2. The average molecular weight is 762 g/mol. The smallest absolute Gasteiger partial charge is 0.407 e. The van der Waals surface area contributed by atoms with Crippen molar-refractivity contribution in [3.8, 4) is 5.75 Å². The molecule has 16 nitrogen and oxygen atoms in total. The lowest BCUT2D eigenvalue weighted by Crippen LogP contribution is -2.51. The Bertz CT molecular complexity index is 1500. The van der Waals surface area contributed by atoms with E-state index < -0.39 is 65.6 Å². The highest BCUT2D eigenvalue weighted by molar-refractivity contribution is 7.89. The lowest BCUT2D eigenvalue weighted by atomic mass is 10.0. The summed E-state index contributed by atoms with van der Waals surface area (Å²) in [5, 5.41) is 35.2. The van der Waals surface area contributed by atoms with Gasteiger partial charge in [0, 0.05) is 31.1 Å². The van der Waals surface area contributed by atoms with Gasteiger partial charge in [-0.2, -0.15) is 4.31 Å². The van der Waals surface area contributed by atoms with Crippen molar-refractivity contribution in [2.75, 3.05) is 39.3 Å². The Balaban J connectivity index is 0.00000442. The molecular formula is C33H52N3O13PS. The van der Waals surface area contributed by atoms with Crippen LogP contribution in [0.2, 0.25) is 0 Å². The van der Waals surface area contributed by atoms with Crippen LogP contribution in [0.1, 0.15) is 59.9 Å². The van der Waals surface area contributed by atoms with Crippen LogP contribution in [-0.4, -0.2) is 97.8 Å². The van der Waals surface area contributed by atoms with Crippen LogP contribution in [0.5, 0.6) is 5.75 Å². The summed E-state index contributed by atoms with van der Waals surface area (Å²) in [4.78, 5) is 23.5. The number of nitrogens with zero attached hydrogens (tertiary/aromatic N) is 2. The molecule has 1 aliphatic heterocycles. The zero-order valence-corrected chi connectivity index (χ0v) is 31.7. The topological polar surface area (TPSA) is 213 Å². The summed E-state index contributed by atoms with van der Waals surface area (Å²) >= 11 is 0. The van der Waals surface area contributed by atoms with Gasteiger partial charge in [-0.3, -0.25) is 14.7 Å². The second kappa shape index (κ2) is 21.4. The van der Waals surface area contributed by atoms with Crippen molar-refractivity contribution in [1.82, 2.24) is 9.62 Å². The van der Waals surface area contributed by atoms with E-state index in [0.717, 1.165) is 4.31 Å². The van der Waals surface area contributed by atoms with E-state index in [2.05, 4.69) is 5.32 Å². The Morgan fingerprint density at radius 2 is 1.71 bits per heavy atom. The molecule has 5 atom stereocenters. The number of carbonyl (C=O) groups excluding carboxylic acids is 1. The molecule has 18 heteroatoms. The maximum Gasteiger partial charge on any atom is 0.407 e. The quantitative estimate of drug-likeness (QED) is 0.0915. The normalized spacial score (nSPS) is 17.9. The van der Waals surface area contributed by atoms with E-state index in [9.17, 15) is 38.1 Å². The molecule has 0 aromatic heterocycles. The van der Waals surface area contributed by atoms with Gasteiger partial charge in [0.2, 0.25) is 10.0 Å². The number of rotatable bonds is 20. The second-order valence-corrected chi connectivity index (χ2v) is 15.3.